The summed E-state index contributed by atoms with van der Waals surface area (Å²) in [4.78, 5) is 11.7. The molecule has 1 atom stereocenters. The Morgan fingerprint density at radius 2 is 1.90 bits per heavy atom. The Balaban J connectivity index is 2.91. The van der Waals surface area contributed by atoms with Crippen molar-refractivity contribution >= 4 is 12.0 Å². The first-order chi connectivity index (χ1) is 10.1. The normalized spacial score (nSPS) is 12.2. The fourth-order valence-electron chi connectivity index (χ4n) is 1.71. The van der Waals surface area contributed by atoms with Crippen LogP contribution in [-0.4, -0.2) is 25.3 Å². The third-order valence-electron chi connectivity index (χ3n) is 2.89. The third-order valence-corrected chi connectivity index (χ3v) is 2.89. The summed E-state index contributed by atoms with van der Waals surface area (Å²) in [6.07, 6.45) is 3.82. The van der Waals surface area contributed by atoms with Crippen LogP contribution in [0.25, 0.3) is 6.08 Å². The van der Waals surface area contributed by atoms with Crippen LogP contribution >= 0.6 is 0 Å². The Kier molecular flexibility index (Phi) is 7.37. The lowest BCUT2D eigenvalue weighted by molar-refractivity contribution is -0.142. The van der Waals surface area contributed by atoms with Crippen molar-refractivity contribution in [1.82, 2.24) is 0 Å². The van der Waals surface area contributed by atoms with Crippen molar-refractivity contribution < 1.29 is 19.0 Å². The molecule has 0 bridgehead atoms. The van der Waals surface area contributed by atoms with E-state index in [0.717, 1.165) is 12.0 Å². The van der Waals surface area contributed by atoms with E-state index in [4.69, 9.17) is 14.2 Å². The summed E-state index contributed by atoms with van der Waals surface area (Å²) in [5, 5.41) is 0. The molecule has 1 aromatic carbocycles. The highest BCUT2D eigenvalue weighted by atomic mass is 16.5. The molecule has 0 saturated carbocycles. The first kappa shape index (κ1) is 17.1. The highest BCUT2D eigenvalue weighted by molar-refractivity contribution is 5.88. The standard InChI is InChI=1S/C17H24O4/c1-5-13(4)21-16(18)12-11-14-9-8-10-15(19-6-2)17(14)20-7-3/h8-13H,5-7H2,1-4H3. The molecule has 0 aliphatic heterocycles. The number of rotatable bonds is 8. The van der Waals surface area contributed by atoms with Crippen LogP contribution in [0.15, 0.2) is 24.3 Å². The zero-order chi connectivity index (χ0) is 15.7. The zero-order valence-corrected chi connectivity index (χ0v) is 13.2. The highest BCUT2D eigenvalue weighted by Crippen LogP contribution is 2.32. The van der Waals surface area contributed by atoms with Gasteiger partial charge in [-0.3, -0.25) is 0 Å². The molecule has 4 nitrogen and oxygen atoms in total. The predicted octanol–water partition coefficient (Wildman–Crippen LogP) is 3.84. The second-order valence-corrected chi connectivity index (χ2v) is 4.53. The van der Waals surface area contributed by atoms with Crippen LogP contribution in [0.1, 0.15) is 39.7 Å². The fourth-order valence-corrected chi connectivity index (χ4v) is 1.71. The monoisotopic (exact) mass is 292 g/mol. The first-order valence-corrected chi connectivity index (χ1v) is 7.39. The molecule has 21 heavy (non-hydrogen) atoms. The van der Waals surface area contributed by atoms with E-state index in [-0.39, 0.29) is 12.1 Å². The maximum Gasteiger partial charge on any atom is 0.331 e. The Morgan fingerprint density at radius 3 is 2.52 bits per heavy atom. The fraction of sp³-hybridized carbons (Fsp3) is 0.471. The quantitative estimate of drug-likeness (QED) is 0.539. The molecule has 0 aliphatic rings. The zero-order valence-electron chi connectivity index (χ0n) is 13.2. The lowest BCUT2D eigenvalue weighted by atomic mass is 10.1. The van der Waals surface area contributed by atoms with Crippen molar-refractivity contribution in [3.05, 3.63) is 29.8 Å². The maximum atomic E-state index is 11.7. The lowest BCUT2D eigenvalue weighted by Gasteiger charge is -2.13. The summed E-state index contributed by atoms with van der Waals surface area (Å²) in [7, 11) is 0. The second-order valence-electron chi connectivity index (χ2n) is 4.53. The van der Waals surface area contributed by atoms with Gasteiger partial charge in [-0.05, 0) is 39.3 Å². The smallest absolute Gasteiger partial charge is 0.331 e. The van der Waals surface area contributed by atoms with Gasteiger partial charge in [0.1, 0.15) is 0 Å². The molecule has 1 aromatic rings. The van der Waals surface area contributed by atoms with Crippen LogP contribution in [0.3, 0.4) is 0 Å². The molecule has 0 radical (unpaired) electrons. The van der Waals surface area contributed by atoms with E-state index in [1.165, 1.54) is 6.08 Å². The van der Waals surface area contributed by atoms with Gasteiger partial charge in [0.05, 0.1) is 19.3 Å². The van der Waals surface area contributed by atoms with Crippen molar-refractivity contribution in [1.29, 1.82) is 0 Å². The van der Waals surface area contributed by atoms with Crippen LogP contribution < -0.4 is 9.47 Å². The maximum absolute atomic E-state index is 11.7. The minimum Gasteiger partial charge on any atom is -0.490 e. The number of carbonyl (C=O) groups excluding carboxylic acids is 1. The topological polar surface area (TPSA) is 44.8 Å². The van der Waals surface area contributed by atoms with Crippen molar-refractivity contribution in [2.75, 3.05) is 13.2 Å². The number of carbonyl (C=O) groups is 1. The van der Waals surface area contributed by atoms with Gasteiger partial charge in [-0.25, -0.2) is 4.79 Å². The predicted molar refractivity (Wildman–Crippen MR) is 83.7 cm³/mol. The highest BCUT2D eigenvalue weighted by Gasteiger charge is 2.09. The van der Waals surface area contributed by atoms with E-state index in [0.29, 0.717) is 24.7 Å². The number of hydrogen-bond donors (Lipinski definition) is 0. The molecule has 0 aromatic heterocycles. The van der Waals surface area contributed by atoms with E-state index in [2.05, 4.69) is 0 Å². The van der Waals surface area contributed by atoms with Gasteiger partial charge in [0.15, 0.2) is 11.5 Å². The van der Waals surface area contributed by atoms with E-state index < -0.39 is 0 Å². The summed E-state index contributed by atoms with van der Waals surface area (Å²) in [5.41, 5.74) is 0.795. The summed E-state index contributed by atoms with van der Waals surface area (Å²) in [6, 6.07) is 5.59. The summed E-state index contributed by atoms with van der Waals surface area (Å²) in [5.74, 6) is 0.972. The lowest BCUT2D eigenvalue weighted by Crippen LogP contribution is -2.11. The molecule has 1 rings (SSSR count). The van der Waals surface area contributed by atoms with E-state index >= 15 is 0 Å². The van der Waals surface area contributed by atoms with Gasteiger partial charge < -0.3 is 14.2 Å². The average Bonchev–Trinajstić information content (AvgIpc) is 2.47. The van der Waals surface area contributed by atoms with E-state index in [1.807, 2.05) is 45.9 Å². The molecule has 0 amide bonds. The number of ether oxygens (including phenoxy) is 3. The minimum atomic E-state index is -0.353. The Bertz CT molecular complexity index is 480. The second kappa shape index (κ2) is 9.06. The SMILES string of the molecule is CCOc1cccc(C=CC(=O)OC(C)CC)c1OCC. The third kappa shape index (κ3) is 5.50. The summed E-state index contributed by atoms with van der Waals surface area (Å²) < 4.78 is 16.4. The van der Waals surface area contributed by atoms with Crippen LogP contribution in [0, 0.1) is 0 Å². The molecule has 1 unspecified atom stereocenters. The average molecular weight is 292 g/mol. The molecule has 0 fully saturated rings. The van der Waals surface area contributed by atoms with Crippen LogP contribution in [0.2, 0.25) is 0 Å². The molecular formula is C17H24O4. The molecule has 0 saturated heterocycles. The van der Waals surface area contributed by atoms with Crippen molar-refractivity contribution in [3.63, 3.8) is 0 Å². The number of para-hydroxylation sites is 1. The van der Waals surface area contributed by atoms with E-state index in [9.17, 15) is 4.79 Å². The van der Waals surface area contributed by atoms with Crippen LogP contribution in [0.4, 0.5) is 0 Å². The van der Waals surface area contributed by atoms with Crippen LogP contribution in [0.5, 0.6) is 11.5 Å². The summed E-state index contributed by atoms with van der Waals surface area (Å²) >= 11 is 0. The van der Waals surface area contributed by atoms with Crippen LogP contribution in [-0.2, 0) is 9.53 Å². The van der Waals surface area contributed by atoms with Crippen molar-refractivity contribution in [2.45, 2.75) is 40.2 Å². The molecule has 116 valence electrons. The van der Waals surface area contributed by atoms with Gasteiger partial charge in [0, 0.05) is 11.6 Å². The Hall–Kier alpha value is -1.97. The number of benzene rings is 1. The van der Waals surface area contributed by atoms with Crippen molar-refractivity contribution in [3.8, 4) is 11.5 Å². The Labute approximate surface area is 126 Å². The molecule has 0 aliphatic carbocycles. The van der Waals surface area contributed by atoms with Gasteiger partial charge in [0.25, 0.3) is 0 Å². The summed E-state index contributed by atoms with van der Waals surface area (Å²) in [6.45, 7) is 8.76. The molecular weight excluding hydrogens is 268 g/mol. The first-order valence-electron chi connectivity index (χ1n) is 7.39. The van der Waals surface area contributed by atoms with Crippen molar-refractivity contribution in [2.24, 2.45) is 0 Å². The Morgan fingerprint density at radius 1 is 1.19 bits per heavy atom. The number of hydrogen-bond acceptors (Lipinski definition) is 4. The molecule has 0 heterocycles. The van der Waals surface area contributed by atoms with E-state index in [1.54, 1.807) is 6.08 Å². The largest absolute Gasteiger partial charge is 0.490 e. The van der Waals surface area contributed by atoms with Gasteiger partial charge in [-0.15, -0.1) is 0 Å². The van der Waals surface area contributed by atoms with Gasteiger partial charge >= 0.3 is 5.97 Å². The molecule has 4 heteroatoms. The van der Waals surface area contributed by atoms with Gasteiger partial charge in [-0.1, -0.05) is 19.1 Å². The number of esters is 1. The van der Waals surface area contributed by atoms with Gasteiger partial charge in [-0.2, -0.15) is 0 Å². The van der Waals surface area contributed by atoms with Gasteiger partial charge in [0.2, 0.25) is 0 Å². The molecule has 0 spiro atoms. The molecule has 0 N–H and O–H groups in total. The minimum absolute atomic E-state index is 0.0803.